The van der Waals surface area contributed by atoms with Crippen molar-refractivity contribution in [3.63, 3.8) is 0 Å². The van der Waals surface area contributed by atoms with Gasteiger partial charge in [0.2, 0.25) is 0 Å². The molecule has 1 rings (SSSR count). The maximum absolute atomic E-state index is 4.54. The number of hydrogen-bond donors (Lipinski definition) is 1. The van der Waals surface area contributed by atoms with Gasteiger partial charge in [0, 0.05) is 25.4 Å². The standard InChI is InChI=1S/C14H28N4/c1-5-13-16-14(6-2)18(17-13)11-9-7-8-10-15-12(3)4/h12,15H,5-11H2,1-4H3. The van der Waals surface area contributed by atoms with E-state index in [4.69, 9.17) is 0 Å². The molecule has 18 heavy (non-hydrogen) atoms. The Morgan fingerprint density at radius 3 is 2.50 bits per heavy atom. The van der Waals surface area contributed by atoms with E-state index in [-0.39, 0.29) is 0 Å². The Morgan fingerprint density at radius 1 is 1.11 bits per heavy atom. The Balaban J connectivity index is 2.24. The highest BCUT2D eigenvalue weighted by Gasteiger charge is 2.06. The van der Waals surface area contributed by atoms with Gasteiger partial charge in [-0.15, -0.1) is 0 Å². The molecule has 0 atom stereocenters. The number of rotatable bonds is 9. The highest BCUT2D eigenvalue weighted by molar-refractivity contribution is 4.92. The molecule has 4 nitrogen and oxygen atoms in total. The molecule has 0 aliphatic rings. The molecule has 1 N–H and O–H groups in total. The fourth-order valence-electron chi connectivity index (χ4n) is 1.97. The van der Waals surface area contributed by atoms with Crippen LogP contribution in [0.25, 0.3) is 0 Å². The summed E-state index contributed by atoms with van der Waals surface area (Å²) in [5.74, 6) is 2.11. The first kappa shape index (κ1) is 15.2. The summed E-state index contributed by atoms with van der Waals surface area (Å²) in [5.41, 5.74) is 0. The molecule has 4 heteroatoms. The molecule has 0 amide bonds. The van der Waals surface area contributed by atoms with Crippen molar-refractivity contribution in [2.45, 2.75) is 72.4 Å². The lowest BCUT2D eigenvalue weighted by Crippen LogP contribution is -2.23. The lowest BCUT2D eigenvalue weighted by Gasteiger charge is -2.08. The highest BCUT2D eigenvalue weighted by atomic mass is 15.3. The molecule has 104 valence electrons. The second-order valence-electron chi connectivity index (χ2n) is 5.04. The Hall–Kier alpha value is -0.900. The molecule has 0 aliphatic heterocycles. The first-order valence-corrected chi connectivity index (χ1v) is 7.33. The van der Waals surface area contributed by atoms with Gasteiger partial charge in [-0.05, 0) is 19.4 Å². The van der Waals surface area contributed by atoms with Crippen molar-refractivity contribution in [2.75, 3.05) is 6.54 Å². The molecule has 1 heterocycles. The minimum Gasteiger partial charge on any atom is -0.315 e. The zero-order chi connectivity index (χ0) is 13.4. The molecule has 0 fully saturated rings. The van der Waals surface area contributed by atoms with E-state index in [1.54, 1.807) is 0 Å². The van der Waals surface area contributed by atoms with Crippen LogP contribution in [0.3, 0.4) is 0 Å². The van der Waals surface area contributed by atoms with E-state index in [0.717, 1.165) is 37.6 Å². The van der Waals surface area contributed by atoms with Crippen molar-refractivity contribution >= 4 is 0 Å². The second-order valence-corrected chi connectivity index (χ2v) is 5.04. The Morgan fingerprint density at radius 2 is 1.89 bits per heavy atom. The molecule has 1 aromatic heterocycles. The van der Waals surface area contributed by atoms with Gasteiger partial charge in [-0.1, -0.05) is 34.1 Å². The number of nitrogens with one attached hydrogen (secondary N) is 1. The average molecular weight is 252 g/mol. The summed E-state index contributed by atoms with van der Waals surface area (Å²) >= 11 is 0. The molecular weight excluding hydrogens is 224 g/mol. The third-order valence-corrected chi connectivity index (χ3v) is 3.02. The molecule has 0 aromatic carbocycles. The Kier molecular flexibility index (Phi) is 6.94. The summed E-state index contributed by atoms with van der Waals surface area (Å²) in [6.07, 6.45) is 5.60. The van der Waals surface area contributed by atoms with Gasteiger partial charge in [0.1, 0.15) is 5.82 Å². The van der Waals surface area contributed by atoms with E-state index in [1.165, 1.54) is 19.3 Å². The summed E-state index contributed by atoms with van der Waals surface area (Å²) in [5, 5.41) is 7.98. The van der Waals surface area contributed by atoms with E-state index in [0.29, 0.717) is 6.04 Å². The maximum Gasteiger partial charge on any atom is 0.150 e. The topological polar surface area (TPSA) is 42.7 Å². The predicted molar refractivity (Wildman–Crippen MR) is 75.8 cm³/mol. The third-order valence-electron chi connectivity index (χ3n) is 3.02. The molecule has 0 radical (unpaired) electrons. The summed E-state index contributed by atoms with van der Waals surface area (Å²) < 4.78 is 2.09. The maximum atomic E-state index is 4.54. The van der Waals surface area contributed by atoms with Crippen LogP contribution in [0, 0.1) is 0 Å². The SMILES string of the molecule is CCc1nc(CC)n(CCCCCNC(C)C)n1. The van der Waals surface area contributed by atoms with Gasteiger partial charge in [-0.25, -0.2) is 9.67 Å². The number of hydrogen-bond acceptors (Lipinski definition) is 3. The summed E-state index contributed by atoms with van der Waals surface area (Å²) in [6.45, 7) is 10.8. The van der Waals surface area contributed by atoms with Gasteiger partial charge in [0.05, 0.1) is 0 Å². The number of aryl methyl sites for hydroxylation is 3. The average Bonchev–Trinajstić information content (AvgIpc) is 2.75. The molecule has 1 aromatic rings. The van der Waals surface area contributed by atoms with Crippen LogP contribution in [0.1, 0.15) is 58.6 Å². The summed E-state index contributed by atoms with van der Waals surface area (Å²) in [4.78, 5) is 4.52. The molecular formula is C14H28N4. The molecule has 0 aliphatic carbocycles. The lowest BCUT2D eigenvalue weighted by molar-refractivity contribution is 0.500. The number of nitrogens with zero attached hydrogens (tertiary/aromatic N) is 3. The second kappa shape index (κ2) is 8.25. The van der Waals surface area contributed by atoms with Gasteiger partial charge in [-0.3, -0.25) is 0 Å². The van der Waals surface area contributed by atoms with Gasteiger partial charge < -0.3 is 5.32 Å². The van der Waals surface area contributed by atoms with Crippen LogP contribution in [0.15, 0.2) is 0 Å². The van der Waals surface area contributed by atoms with Gasteiger partial charge in [0.25, 0.3) is 0 Å². The zero-order valence-corrected chi connectivity index (χ0v) is 12.4. The highest BCUT2D eigenvalue weighted by Crippen LogP contribution is 2.04. The molecule has 0 spiro atoms. The van der Waals surface area contributed by atoms with Crippen molar-refractivity contribution in [3.05, 3.63) is 11.6 Å². The van der Waals surface area contributed by atoms with Crippen LogP contribution in [-0.4, -0.2) is 27.4 Å². The lowest BCUT2D eigenvalue weighted by atomic mass is 10.2. The zero-order valence-electron chi connectivity index (χ0n) is 12.4. The van der Waals surface area contributed by atoms with Crippen LogP contribution in [-0.2, 0) is 19.4 Å². The van der Waals surface area contributed by atoms with Crippen molar-refractivity contribution in [3.8, 4) is 0 Å². The van der Waals surface area contributed by atoms with Gasteiger partial charge in [0.15, 0.2) is 5.82 Å². The molecule has 0 bridgehead atoms. The third kappa shape index (κ3) is 5.17. The number of unbranched alkanes of at least 4 members (excludes halogenated alkanes) is 2. The Labute approximate surface area is 111 Å². The van der Waals surface area contributed by atoms with Crippen molar-refractivity contribution in [1.29, 1.82) is 0 Å². The van der Waals surface area contributed by atoms with E-state index in [2.05, 4.69) is 47.8 Å². The van der Waals surface area contributed by atoms with E-state index in [9.17, 15) is 0 Å². The Bertz CT molecular complexity index is 331. The van der Waals surface area contributed by atoms with Crippen LogP contribution >= 0.6 is 0 Å². The minimum atomic E-state index is 0.596. The van der Waals surface area contributed by atoms with Gasteiger partial charge in [-0.2, -0.15) is 5.10 Å². The van der Waals surface area contributed by atoms with Crippen LogP contribution < -0.4 is 5.32 Å². The largest absolute Gasteiger partial charge is 0.315 e. The van der Waals surface area contributed by atoms with E-state index in [1.807, 2.05) is 0 Å². The van der Waals surface area contributed by atoms with Crippen molar-refractivity contribution < 1.29 is 0 Å². The predicted octanol–water partition coefficient (Wildman–Crippen LogP) is 2.57. The number of aromatic nitrogens is 3. The van der Waals surface area contributed by atoms with Crippen molar-refractivity contribution in [1.82, 2.24) is 20.1 Å². The fourth-order valence-corrected chi connectivity index (χ4v) is 1.97. The summed E-state index contributed by atoms with van der Waals surface area (Å²) in [7, 11) is 0. The molecule has 0 saturated carbocycles. The monoisotopic (exact) mass is 252 g/mol. The first-order valence-electron chi connectivity index (χ1n) is 7.33. The van der Waals surface area contributed by atoms with Crippen LogP contribution in [0.5, 0.6) is 0 Å². The van der Waals surface area contributed by atoms with E-state index >= 15 is 0 Å². The normalized spacial score (nSPS) is 11.4. The minimum absolute atomic E-state index is 0.596. The fraction of sp³-hybridized carbons (Fsp3) is 0.857. The van der Waals surface area contributed by atoms with Crippen molar-refractivity contribution in [2.24, 2.45) is 0 Å². The van der Waals surface area contributed by atoms with Crippen LogP contribution in [0.4, 0.5) is 0 Å². The smallest absolute Gasteiger partial charge is 0.150 e. The molecule has 0 saturated heterocycles. The first-order chi connectivity index (χ1) is 8.67. The van der Waals surface area contributed by atoms with Crippen LogP contribution in [0.2, 0.25) is 0 Å². The molecule has 0 unspecified atom stereocenters. The summed E-state index contributed by atoms with van der Waals surface area (Å²) in [6, 6.07) is 0.596. The quantitative estimate of drug-likeness (QED) is 0.687. The van der Waals surface area contributed by atoms with Gasteiger partial charge >= 0.3 is 0 Å². The van der Waals surface area contributed by atoms with E-state index < -0.39 is 0 Å².